The number of benzene rings is 1. The fourth-order valence-corrected chi connectivity index (χ4v) is 2.62. The first-order valence-electron chi connectivity index (χ1n) is 9.70. The van der Waals surface area contributed by atoms with Crippen molar-refractivity contribution in [2.24, 2.45) is 0 Å². The maximum absolute atomic E-state index is 12.3. The van der Waals surface area contributed by atoms with Crippen LogP contribution in [0.4, 0.5) is 4.79 Å². The third kappa shape index (κ3) is 10.3. The summed E-state index contributed by atoms with van der Waals surface area (Å²) in [5.41, 5.74) is 0.770. The predicted molar refractivity (Wildman–Crippen MR) is 108 cm³/mol. The molecule has 4 N–H and O–H groups in total. The number of carbonyl (C=O) groups excluding carboxylic acids is 2. The van der Waals surface area contributed by atoms with E-state index < -0.39 is 36.7 Å². The molecule has 0 aliphatic heterocycles. The molecule has 0 bridgehead atoms. The molecule has 29 heavy (non-hydrogen) atoms. The summed E-state index contributed by atoms with van der Waals surface area (Å²) in [5.74, 6) is -1.93. The lowest BCUT2D eigenvalue weighted by Crippen LogP contribution is -2.53. The quantitative estimate of drug-likeness (QED) is 0.278. The van der Waals surface area contributed by atoms with Crippen LogP contribution in [0.1, 0.15) is 44.1 Å². The zero-order chi connectivity index (χ0) is 21.5. The van der Waals surface area contributed by atoms with E-state index in [1.807, 2.05) is 12.1 Å². The van der Waals surface area contributed by atoms with Crippen molar-refractivity contribution in [1.29, 1.82) is 0 Å². The summed E-state index contributed by atoms with van der Waals surface area (Å²) < 4.78 is 5.01. The van der Waals surface area contributed by atoms with E-state index in [-0.39, 0.29) is 13.0 Å². The van der Waals surface area contributed by atoms with Crippen molar-refractivity contribution in [3.8, 4) is 0 Å². The van der Waals surface area contributed by atoms with Gasteiger partial charge in [-0.2, -0.15) is 0 Å². The molecule has 0 aromatic heterocycles. The lowest BCUT2D eigenvalue weighted by Gasteiger charge is -2.20. The fourth-order valence-electron chi connectivity index (χ4n) is 2.62. The van der Waals surface area contributed by atoms with Crippen LogP contribution in [0.25, 0.3) is 0 Å². The van der Waals surface area contributed by atoms with Gasteiger partial charge in [-0.25, -0.2) is 9.59 Å². The topological polar surface area (TPSA) is 125 Å². The lowest BCUT2D eigenvalue weighted by atomic mass is 10.1. The maximum Gasteiger partial charge on any atom is 0.408 e. The minimum absolute atomic E-state index is 0.00997. The number of hydrogen-bond acceptors (Lipinski definition) is 5. The van der Waals surface area contributed by atoms with E-state index in [1.54, 1.807) is 24.3 Å². The molecule has 8 nitrogen and oxygen atoms in total. The number of ether oxygens (including phenoxy) is 1. The van der Waals surface area contributed by atoms with Gasteiger partial charge < -0.3 is 25.6 Å². The molecule has 0 unspecified atom stereocenters. The number of aliphatic hydroxyl groups is 1. The van der Waals surface area contributed by atoms with Crippen LogP contribution in [-0.4, -0.2) is 46.9 Å². The van der Waals surface area contributed by atoms with E-state index in [0.717, 1.165) is 31.2 Å². The summed E-state index contributed by atoms with van der Waals surface area (Å²) in [6, 6.07) is 6.59. The average Bonchev–Trinajstić information content (AvgIpc) is 2.72. The Morgan fingerprint density at radius 1 is 1.03 bits per heavy atom. The van der Waals surface area contributed by atoms with Crippen LogP contribution >= 0.6 is 0 Å². The van der Waals surface area contributed by atoms with Crippen molar-refractivity contribution in [2.45, 2.75) is 57.2 Å². The number of hydrogen-bond donors (Lipinski definition) is 4. The Balaban J connectivity index is 2.43. The van der Waals surface area contributed by atoms with Crippen molar-refractivity contribution in [3.63, 3.8) is 0 Å². The number of carboxylic acid groups (broad SMARTS) is 1. The van der Waals surface area contributed by atoms with E-state index in [1.165, 1.54) is 0 Å². The number of unbranched alkanes of at least 4 members (excludes halogenated alkanes) is 4. The summed E-state index contributed by atoms with van der Waals surface area (Å²) in [6.07, 6.45) is 5.60. The second-order valence-corrected chi connectivity index (χ2v) is 6.62. The largest absolute Gasteiger partial charge is 0.480 e. The molecule has 2 amide bonds. The van der Waals surface area contributed by atoms with Crippen LogP contribution in [-0.2, 0) is 20.9 Å². The Morgan fingerprint density at radius 3 is 2.34 bits per heavy atom. The third-order valence-electron chi connectivity index (χ3n) is 4.27. The number of aliphatic hydroxyl groups excluding tert-OH is 1. The van der Waals surface area contributed by atoms with Crippen molar-refractivity contribution >= 4 is 18.0 Å². The van der Waals surface area contributed by atoms with Gasteiger partial charge in [0.1, 0.15) is 18.7 Å². The Morgan fingerprint density at radius 2 is 1.72 bits per heavy atom. The average molecular weight is 406 g/mol. The molecule has 0 saturated heterocycles. The minimum Gasteiger partial charge on any atom is -0.480 e. The molecule has 8 heteroatoms. The lowest BCUT2D eigenvalue weighted by molar-refractivity contribution is -0.142. The van der Waals surface area contributed by atoms with Gasteiger partial charge in [0, 0.05) is 0 Å². The van der Waals surface area contributed by atoms with Crippen LogP contribution in [0.3, 0.4) is 0 Å². The highest BCUT2D eigenvalue weighted by Crippen LogP contribution is 2.08. The molecule has 0 aliphatic carbocycles. The van der Waals surface area contributed by atoms with Gasteiger partial charge in [-0.3, -0.25) is 4.79 Å². The molecule has 1 aromatic rings. The molecule has 2 atom stereocenters. The number of allylic oxidation sites excluding steroid dienone is 1. The Bertz CT molecular complexity index is 650. The molecule has 0 saturated carbocycles. The van der Waals surface area contributed by atoms with Gasteiger partial charge in [0.15, 0.2) is 0 Å². The second kappa shape index (κ2) is 14.2. The van der Waals surface area contributed by atoms with Crippen LogP contribution < -0.4 is 10.6 Å². The summed E-state index contributed by atoms with van der Waals surface area (Å²) in [7, 11) is 0. The van der Waals surface area contributed by atoms with Crippen molar-refractivity contribution in [1.82, 2.24) is 10.6 Å². The van der Waals surface area contributed by atoms with Crippen LogP contribution in [0, 0.1) is 0 Å². The second-order valence-electron chi connectivity index (χ2n) is 6.62. The molecule has 0 fully saturated rings. The number of aliphatic carboxylic acids is 1. The van der Waals surface area contributed by atoms with Crippen LogP contribution in [0.5, 0.6) is 0 Å². The highest BCUT2D eigenvalue weighted by Gasteiger charge is 2.26. The number of nitrogens with one attached hydrogen (secondary N) is 2. The van der Waals surface area contributed by atoms with Crippen LogP contribution in [0.15, 0.2) is 43.0 Å². The van der Waals surface area contributed by atoms with E-state index in [4.69, 9.17) is 4.74 Å². The Labute approximate surface area is 171 Å². The Hall–Kier alpha value is -2.87. The molecule has 0 heterocycles. The number of carbonyl (C=O) groups is 3. The minimum atomic E-state index is -1.30. The highest BCUT2D eigenvalue weighted by molar-refractivity contribution is 5.89. The highest BCUT2D eigenvalue weighted by atomic mass is 16.5. The molecule has 0 radical (unpaired) electrons. The molecule has 160 valence electrons. The molecule has 0 aliphatic rings. The smallest absolute Gasteiger partial charge is 0.408 e. The summed E-state index contributed by atoms with van der Waals surface area (Å²) in [6.45, 7) is 2.98. The van der Waals surface area contributed by atoms with E-state index in [2.05, 4.69) is 17.2 Å². The summed E-state index contributed by atoms with van der Waals surface area (Å²) in [4.78, 5) is 35.5. The standard InChI is InChI=1S/C21H30N2O6/c1-2-3-4-5-6-10-13-17(20(26)27)22-19(25)18(14-24)23-21(28)29-15-16-11-8-7-9-12-16/h2,7-9,11-12,17-18,24H,1,3-6,10,13-15H2,(H,22,25)(H,23,28)(H,26,27)/t17-,18+/m1/s1. The number of rotatable bonds is 14. The van der Waals surface area contributed by atoms with Crippen molar-refractivity contribution in [2.75, 3.05) is 6.61 Å². The predicted octanol–water partition coefficient (Wildman–Crippen LogP) is 2.37. The van der Waals surface area contributed by atoms with Gasteiger partial charge in [-0.1, -0.05) is 55.7 Å². The SMILES string of the molecule is C=CCCCCCC[C@@H](NC(=O)[C@H](CO)NC(=O)OCc1ccccc1)C(=O)O. The van der Waals surface area contributed by atoms with E-state index in [0.29, 0.717) is 6.42 Å². The molecular formula is C21H30N2O6. The fraction of sp³-hybridized carbons (Fsp3) is 0.476. The zero-order valence-corrected chi connectivity index (χ0v) is 16.5. The van der Waals surface area contributed by atoms with Gasteiger partial charge in [-0.05, 0) is 24.8 Å². The van der Waals surface area contributed by atoms with Gasteiger partial charge >= 0.3 is 12.1 Å². The maximum atomic E-state index is 12.3. The van der Waals surface area contributed by atoms with E-state index in [9.17, 15) is 24.6 Å². The zero-order valence-electron chi connectivity index (χ0n) is 16.5. The normalized spacial score (nSPS) is 12.4. The van der Waals surface area contributed by atoms with Gasteiger partial charge in [0.05, 0.1) is 6.61 Å². The molecule has 1 rings (SSSR count). The van der Waals surface area contributed by atoms with Gasteiger partial charge in [-0.15, -0.1) is 6.58 Å². The molecular weight excluding hydrogens is 376 g/mol. The van der Waals surface area contributed by atoms with Gasteiger partial charge in [0.2, 0.25) is 5.91 Å². The molecule has 0 spiro atoms. The number of alkyl carbamates (subject to hydrolysis) is 1. The summed E-state index contributed by atoms with van der Waals surface area (Å²) in [5, 5.41) is 23.3. The van der Waals surface area contributed by atoms with Crippen LogP contribution in [0.2, 0.25) is 0 Å². The third-order valence-corrected chi connectivity index (χ3v) is 4.27. The number of carboxylic acids is 1. The first-order valence-corrected chi connectivity index (χ1v) is 9.70. The van der Waals surface area contributed by atoms with E-state index >= 15 is 0 Å². The van der Waals surface area contributed by atoms with Crippen molar-refractivity contribution in [3.05, 3.63) is 48.6 Å². The van der Waals surface area contributed by atoms with Crippen molar-refractivity contribution < 1.29 is 29.3 Å². The first kappa shape index (κ1) is 24.2. The molecule has 1 aromatic carbocycles. The Kier molecular flexibility index (Phi) is 11.8. The monoisotopic (exact) mass is 406 g/mol. The first-order chi connectivity index (χ1) is 14.0. The number of amides is 2. The van der Waals surface area contributed by atoms with Gasteiger partial charge in [0.25, 0.3) is 0 Å². The summed E-state index contributed by atoms with van der Waals surface area (Å²) >= 11 is 0.